The molecule has 3 aromatic rings. The van der Waals surface area contributed by atoms with Crippen molar-refractivity contribution in [1.82, 2.24) is 9.88 Å². The molecule has 4 rings (SSSR count). The fourth-order valence-electron chi connectivity index (χ4n) is 4.06. The largest absolute Gasteiger partial charge is 0.497 e. The number of nitrogens with one attached hydrogen (secondary N) is 1. The topological polar surface area (TPSA) is 48.5 Å². The maximum atomic E-state index is 14.1. The average Bonchev–Trinajstić information content (AvgIpc) is 2.99. The molecule has 1 aliphatic heterocycles. The number of nitrogens with zero attached hydrogens (tertiary/aromatic N) is 1. The van der Waals surface area contributed by atoms with E-state index in [1.54, 1.807) is 25.3 Å². The highest BCUT2D eigenvalue weighted by molar-refractivity contribution is 5.85. The van der Waals surface area contributed by atoms with Crippen molar-refractivity contribution >= 4 is 10.9 Å². The second kappa shape index (κ2) is 6.98. The molecular formula is C22H25FN2O2. The number of piperidine rings is 1. The molecule has 1 aromatic heterocycles. The normalized spacial score (nSPS) is 17.3. The van der Waals surface area contributed by atoms with E-state index >= 15 is 0 Å². The van der Waals surface area contributed by atoms with Gasteiger partial charge in [0.15, 0.2) is 0 Å². The Labute approximate surface area is 158 Å². The van der Waals surface area contributed by atoms with Gasteiger partial charge < -0.3 is 14.8 Å². The van der Waals surface area contributed by atoms with E-state index in [-0.39, 0.29) is 5.82 Å². The molecule has 1 aliphatic rings. The summed E-state index contributed by atoms with van der Waals surface area (Å²) in [6.07, 6.45) is 1.06. The number of aromatic nitrogens is 1. The second-order valence-electron chi connectivity index (χ2n) is 7.43. The van der Waals surface area contributed by atoms with E-state index in [2.05, 4.69) is 22.9 Å². The zero-order valence-corrected chi connectivity index (χ0v) is 15.8. The van der Waals surface area contributed by atoms with E-state index < -0.39 is 5.60 Å². The number of aryl methyl sites for hydroxylation is 1. The van der Waals surface area contributed by atoms with E-state index in [0.717, 1.165) is 30.9 Å². The Hall–Kier alpha value is -2.37. The van der Waals surface area contributed by atoms with E-state index in [0.29, 0.717) is 18.4 Å². The third kappa shape index (κ3) is 3.33. The Morgan fingerprint density at radius 1 is 1.19 bits per heavy atom. The summed E-state index contributed by atoms with van der Waals surface area (Å²) in [5.41, 5.74) is 2.83. The summed E-state index contributed by atoms with van der Waals surface area (Å²) >= 11 is 0. The fourth-order valence-corrected chi connectivity index (χ4v) is 4.06. The van der Waals surface area contributed by atoms with Crippen LogP contribution < -0.4 is 4.74 Å². The molecular weight excluding hydrogens is 343 g/mol. The Balaban J connectivity index is 1.49. The van der Waals surface area contributed by atoms with Gasteiger partial charge in [0.1, 0.15) is 11.6 Å². The number of hydrogen-bond acceptors (Lipinski definition) is 3. The van der Waals surface area contributed by atoms with Crippen LogP contribution in [0.4, 0.5) is 4.39 Å². The number of rotatable bonds is 4. The number of H-pyrrole nitrogens is 1. The number of benzene rings is 2. The lowest BCUT2D eigenvalue weighted by Crippen LogP contribution is -2.42. The van der Waals surface area contributed by atoms with Crippen molar-refractivity contribution in [2.75, 3.05) is 20.2 Å². The molecule has 142 valence electrons. The van der Waals surface area contributed by atoms with Crippen LogP contribution in [-0.4, -0.2) is 35.2 Å². The minimum Gasteiger partial charge on any atom is -0.497 e. The summed E-state index contributed by atoms with van der Waals surface area (Å²) in [5, 5.41) is 12.1. The van der Waals surface area contributed by atoms with Gasteiger partial charge in [0.2, 0.25) is 0 Å². The van der Waals surface area contributed by atoms with E-state index in [9.17, 15) is 9.50 Å². The molecule has 2 N–H and O–H groups in total. The maximum Gasteiger partial charge on any atom is 0.129 e. The molecule has 1 fully saturated rings. The summed E-state index contributed by atoms with van der Waals surface area (Å²) < 4.78 is 19.4. The van der Waals surface area contributed by atoms with Gasteiger partial charge in [-0.2, -0.15) is 0 Å². The molecule has 4 nitrogen and oxygen atoms in total. The van der Waals surface area contributed by atoms with Crippen LogP contribution in [0.3, 0.4) is 0 Å². The molecule has 0 spiro atoms. The zero-order chi connectivity index (χ0) is 19.0. The molecule has 27 heavy (non-hydrogen) atoms. The Bertz CT molecular complexity index is 958. The highest BCUT2D eigenvalue weighted by Gasteiger charge is 2.36. The summed E-state index contributed by atoms with van der Waals surface area (Å²) in [4.78, 5) is 5.81. The first-order valence-electron chi connectivity index (χ1n) is 9.35. The molecule has 2 heterocycles. The van der Waals surface area contributed by atoms with Gasteiger partial charge in [0, 0.05) is 41.8 Å². The Kier molecular flexibility index (Phi) is 4.66. The molecule has 1 saturated heterocycles. The maximum absolute atomic E-state index is 14.1. The molecule has 0 unspecified atom stereocenters. The third-order valence-corrected chi connectivity index (χ3v) is 5.81. The quantitative estimate of drug-likeness (QED) is 0.729. The van der Waals surface area contributed by atoms with E-state index in [1.807, 2.05) is 12.1 Å². The summed E-state index contributed by atoms with van der Waals surface area (Å²) in [7, 11) is 1.68. The SMILES string of the molecule is COc1ccc2[nH]c(CN3CCC(O)(c4ccccc4F)CC3)c(C)c2c1. The monoisotopic (exact) mass is 368 g/mol. The first-order valence-corrected chi connectivity index (χ1v) is 9.35. The van der Waals surface area contributed by atoms with Crippen molar-refractivity contribution < 1.29 is 14.2 Å². The Morgan fingerprint density at radius 2 is 1.93 bits per heavy atom. The highest BCUT2D eigenvalue weighted by atomic mass is 19.1. The molecule has 0 bridgehead atoms. The van der Waals surface area contributed by atoms with Crippen LogP contribution in [0.1, 0.15) is 29.7 Å². The number of aromatic amines is 1. The lowest BCUT2D eigenvalue weighted by Gasteiger charge is -2.38. The standard InChI is InChI=1S/C22H25FN2O2/c1-15-17-13-16(27-2)7-8-20(17)24-21(15)14-25-11-9-22(26,10-12-25)18-5-3-4-6-19(18)23/h3-8,13,24,26H,9-12,14H2,1-2H3. The second-order valence-corrected chi connectivity index (χ2v) is 7.43. The average molecular weight is 368 g/mol. The minimum atomic E-state index is -1.08. The van der Waals surface area contributed by atoms with Crippen LogP contribution in [0.2, 0.25) is 0 Å². The minimum absolute atomic E-state index is 0.325. The third-order valence-electron chi connectivity index (χ3n) is 5.81. The van der Waals surface area contributed by atoms with E-state index in [4.69, 9.17) is 4.74 Å². The predicted molar refractivity (Wildman–Crippen MR) is 104 cm³/mol. The molecule has 0 amide bonds. The lowest BCUT2D eigenvalue weighted by atomic mass is 9.84. The Morgan fingerprint density at radius 3 is 2.63 bits per heavy atom. The molecule has 0 saturated carbocycles. The van der Waals surface area contributed by atoms with Gasteiger partial charge in [-0.3, -0.25) is 4.90 Å². The van der Waals surface area contributed by atoms with E-state index in [1.165, 1.54) is 22.7 Å². The first kappa shape index (κ1) is 18.0. The van der Waals surface area contributed by atoms with Gasteiger partial charge in [0.25, 0.3) is 0 Å². The number of ether oxygens (including phenoxy) is 1. The number of likely N-dealkylation sites (tertiary alicyclic amines) is 1. The smallest absolute Gasteiger partial charge is 0.129 e. The zero-order valence-electron chi connectivity index (χ0n) is 15.8. The lowest BCUT2D eigenvalue weighted by molar-refractivity contribution is -0.0304. The fraction of sp³-hybridized carbons (Fsp3) is 0.364. The summed E-state index contributed by atoms with van der Waals surface area (Å²) in [6, 6.07) is 12.6. The van der Waals surface area contributed by atoms with Crippen LogP contribution in [0, 0.1) is 12.7 Å². The van der Waals surface area contributed by atoms with Crippen molar-refractivity contribution in [2.24, 2.45) is 0 Å². The van der Waals surface area contributed by atoms with Crippen LogP contribution in [0.5, 0.6) is 5.75 Å². The molecule has 0 radical (unpaired) electrons. The van der Waals surface area contributed by atoms with Gasteiger partial charge >= 0.3 is 0 Å². The van der Waals surface area contributed by atoms with Gasteiger partial charge in [-0.25, -0.2) is 4.39 Å². The highest BCUT2D eigenvalue weighted by Crippen LogP contribution is 2.35. The molecule has 0 aliphatic carbocycles. The van der Waals surface area contributed by atoms with Gasteiger partial charge in [0.05, 0.1) is 12.7 Å². The van der Waals surface area contributed by atoms with Crippen LogP contribution in [-0.2, 0) is 12.1 Å². The van der Waals surface area contributed by atoms with Crippen LogP contribution >= 0.6 is 0 Å². The summed E-state index contributed by atoms with van der Waals surface area (Å²) in [5.74, 6) is 0.526. The molecule has 5 heteroatoms. The van der Waals surface area contributed by atoms with Crippen molar-refractivity contribution in [3.8, 4) is 5.75 Å². The number of hydrogen-bond donors (Lipinski definition) is 2. The molecule has 0 atom stereocenters. The number of fused-ring (bicyclic) bond motifs is 1. The van der Waals surface area contributed by atoms with Gasteiger partial charge in [-0.1, -0.05) is 18.2 Å². The number of halogens is 1. The van der Waals surface area contributed by atoms with Gasteiger partial charge in [-0.15, -0.1) is 0 Å². The van der Waals surface area contributed by atoms with Crippen molar-refractivity contribution in [3.63, 3.8) is 0 Å². The van der Waals surface area contributed by atoms with Crippen molar-refractivity contribution in [2.45, 2.75) is 31.9 Å². The van der Waals surface area contributed by atoms with Crippen LogP contribution in [0.15, 0.2) is 42.5 Å². The van der Waals surface area contributed by atoms with Crippen molar-refractivity contribution in [1.29, 1.82) is 0 Å². The van der Waals surface area contributed by atoms with Gasteiger partial charge in [-0.05, 0) is 49.6 Å². The van der Waals surface area contributed by atoms with Crippen molar-refractivity contribution in [3.05, 3.63) is 65.1 Å². The number of methoxy groups -OCH3 is 1. The van der Waals surface area contributed by atoms with Crippen LogP contribution in [0.25, 0.3) is 10.9 Å². The predicted octanol–water partition coefficient (Wildman–Crippen LogP) is 4.11. The first-order chi connectivity index (χ1) is 13.0. The number of aliphatic hydroxyl groups is 1. The molecule has 2 aromatic carbocycles. The summed E-state index contributed by atoms with van der Waals surface area (Å²) in [6.45, 7) is 4.36.